The van der Waals surface area contributed by atoms with E-state index in [0.29, 0.717) is 0 Å². The van der Waals surface area contributed by atoms with Gasteiger partial charge in [0.05, 0.1) is 11.4 Å². The van der Waals surface area contributed by atoms with Crippen molar-refractivity contribution in [3.05, 3.63) is 169 Å². The summed E-state index contributed by atoms with van der Waals surface area (Å²) in [4.78, 5) is 5.07. The predicted octanol–water partition coefficient (Wildman–Crippen LogP) is 12.2. The van der Waals surface area contributed by atoms with Crippen LogP contribution in [0.3, 0.4) is 0 Å². The molecule has 3 aromatic heterocycles. The minimum absolute atomic E-state index is 0.0664. The van der Waals surface area contributed by atoms with Gasteiger partial charge < -0.3 is 4.42 Å². The van der Waals surface area contributed by atoms with Crippen molar-refractivity contribution in [3.8, 4) is 55.9 Å². The number of rotatable bonds is 4. The van der Waals surface area contributed by atoms with Crippen molar-refractivity contribution in [1.82, 2.24) is 9.38 Å². The molecule has 0 bridgehead atoms. The van der Waals surface area contributed by atoms with Crippen LogP contribution in [-0.4, -0.2) is 9.38 Å². The number of nitrogens with zero attached hydrogens (tertiary/aromatic N) is 2. The minimum Gasteiger partial charge on any atom is -0.455 e. The Morgan fingerprint density at radius 1 is 0.490 bits per heavy atom. The van der Waals surface area contributed by atoms with Gasteiger partial charge in [0.15, 0.2) is 0 Å². The zero-order valence-corrected chi connectivity index (χ0v) is 27.3. The summed E-state index contributed by atoms with van der Waals surface area (Å²) in [6.45, 7) is 4.67. The lowest BCUT2D eigenvalue weighted by atomic mass is 9.81. The van der Waals surface area contributed by atoms with Crippen molar-refractivity contribution in [2.45, 2.75) is 19.3 Å². The molecular weight excluding hydrogens is 597 g/mol. The van der Waals surface area contributed by atoms with Crippen molar-refractivity contribution in [3.63, 3.8) is 0 Å². The number of hydrogen-bond donors (Lipinski definition) is 0. The van der Waals surface area contributed by atoms with Gasteiger partial charge in [0.1, 0.15) is 16.8 Å². The monoisotopic (exact) mass is 628 g/mol. The molecule has 6 aromatic carbocycles. The number of para-hydroxylation sites is 2. The average Bonchev–Trinajstić information content (AvgIpc) is 3.80. The first-order valence-corrected chi connectivity index (χ1v) is 16.9. The summed E-state index contributed by atoms with van der Waals surface area (Å²) in [6.07, 6.45) is 2.09. The van der Waals surface area contributed by atoms with Crippen LogP contribution in [0.5, 0.6) is 0 Å². The molecule has 0 unspecified atom stereocenters. The van der Waals surface area contributed by atoms with Gasteiger partial charge in [-0.1, -0.05) is 141 Å². The van der Waals surface area contributed by atoms with Crippen molar-refractivity contribution < 1.29 is 4.42 Å². The first kappa shape index (κ1) is 27.9. The van der Waals surface area contributed by atoms with Crippen LogP contribution in [0.1, 0.15) is 25.0 Å². The standard InChI is InChI=1S/C46H32N2O/c1-46(2)39-22-7-6-17-35(39)36-25-24-31(28-40(36)46)34-19-12-21-38-37-20-11-18-33(44(37)49-45(34)38)30-15-10-16-32(27-30)43-42(29-13-4-3-5-14-29)47-41-23-8-9-26-48(41)43/h3-28H,1-2H3. The highest BCUT2D eigenvalue weighted by atomic mass is 16.3. The maximum absolute atomic E-state index is 6.93. The van der Waals surface area contributed by atoms with Gasteiger partial charge in [0.2, 0.25) is 0 Å². The van der Waals surface area contributed by atoms with Crippen LogP contribution in [0, 0.1) is 0 Å². The molecule has 1 aliphatic rings. The molecule has 9 aromatic rings. The highest BCUT2D eigenvalue weighted by Gasteiger charge is 2.35. The molecular formula is C46H32N2O. The Kier molecular flexibility index (Phi) is 5.92. The van der Waals surface area contributed by atoms with Gasteiger partial charge in [-0.15, -0.1) is 0 Å². The van der Waals surface area contributed by atoms with E-state index in [-0.39, 0.29) is 5.41 Å². The lowest BCUT2D eigenvalue weighted by Gasteiger charge is -2.22. The van der Waals surface area contributed by atoms with Crippen LogP contribution in [0.4, 0.5) is 0 Å². The Labute approximate surface area is 284 Å². The van der Waals surface area contributed by atoms with Crippen molar-refractivity contribution >= 4 is 27.6 Å². The number of furan rings is 1. The van der Waals surface area contributed by atoms with Gasteiger partial charge in [-0.3, -0.25) is 4.40 Å². The molecule has 0 N–H and O–H groups in total. The van der Waals surface area contributed by atoms with Gasteiger partial charge in [-0.2, -0.15) is 0 Å². The third-order valence-corrected chi connectivity index (χ3v) is 10.4. The molecule has 232 valence electrons. The SMILES string of the molecule is CC1(C)c2ccccc2-c2ccc(-c3cccc4c3oc3c(-c5cccc(-c6c(-c7ccccc7)nc7ccccn67)c5)cccc34)cc21. The first-order chi connectivity index (χ1) is 24.1. The summed E-state index contributed by atoms with van der Waals surface area (Å²) in [6, 6.07) is 54.1. The van der Waals surface area contributed by atoms with E-state index in [0.717, 1.165) is 66.8 Å². The Bertz CT molecular complexity index is 2750. The summed E-state index contributed by atoms with van der Waals surface area (Å²) in [7, 11) is 0. The summed E-state index contributed by atoms with van der Waals surface area (Å²) in [5, 5.41) is 2.25. The van der Waals surface area contributed by atoms with Crippen LogP contribution in [0.2, 0.25) is 0 Å². The predicted molar refractivity (Wildman–Crippen MR) is 202 cm³/mol. The smallest absolute Gasteiger partial charge is 0.143 e. The molecule has 0 saturated heterocycles. The number of hydrogen-bond acceptors (Lipinski definition) is 2. The van der Waals surface area contributed by atoms with E-state index < -0.39 is 0 Å². The highest BCUT2D eigenvalue weighted by molar-refractivity contribution is 6.13. The normalized spacial score (nSPS) is 13.3. The van der Waals surface area contributed by atoms with Gasteiger partial charge in [0.25, 0.3) is 0 Å². The number of fused-ring (bicyclic) bond motifs is 7. The quantitative estimate of drug-likeness (QED) is 0.194. The minimum atomic E-state index is -0.0664. The molecule has 10 rings (SSSR count). The fourth-order valence-corrected chi connectivity index (χ4v) is 8.05. The second-order valence-electron chi connectivity index (χ2n) is 13.6. The largest absolute Gasteiger partial charge is 0.455 e. The summed E-state index contributed by atoms with van der Waals surface area (Å²) in [5.41, 5.74) is 16.8. The topological polar surface area (TPSA) is 30.4 Å². The molecule has 0 saturated carbocycles. The number of benzene rings is 6. The van der Waals surface area contributed by atoms with E-state index in [9.17, 15) is 0 Å². The van der Waals surface area contributed by atoms with Gasteiger partial charge >= 0.3 is 0 Å². The Hall–Kier alpha value is -6.19. The molecule has 0 atom stereocenters. The second-order valence-corrected chi connectivity index (χ2v) is 13.6. The molecule has 3 nitrogen and oxygen atoms in total. The van der Waals surface area contributed by atoms with E-state index in [2.05, 4.69) is 164 Å². The van der Waals surface area contributed by atoms with E-state index >= 15 is 0 Å². The summed E-state index contributed by atoms with van der Waals surface area (Å²) in [5.74, 6) is 0. The molecule has 49 heavy (non-hydrogen) atoms. The fourth-order valence-electron chi connectivity index (χ4n) is 8.05. The molecule has 0 fully saturated rings. The Morgan fingerprint density at radius 2 is 1.10 bits per heavy atom. The third-order valence-electron chi connectivity index (χ3n) is 10.4. The van der Waals surface area contributed by atoms with Crippen LogP contribution >= 0.6 is 0 Å². The van der Waals surface area contributed by atoms with Gasteiger partial charge in [-0.25, -0.2) is 4.98 Å². The maximum atomic E-state index is 6.93. The molecule has 0 spiro atoms. The van der Waals surface area contributed by atoms with E-state index in [1.54, 1.807) is 0 Å². The lowest BCUT2D eigenvalue weighted by molar-refractivity contribution is 0.660. The van der Waals surface area contributed by atoms with Crippen molar-refractivity contribution in [2.75, 3.05) is 0 Å². The van der Waals surface area contributed by atoms with Crippen LogP contribution in [-0.2, 0) is 5.41 Å². The van der Waals surface area contributed by atoms with Crippen LogP contribution < -0.4 is 0 Å². The zero-order chi connectivity index (χ0) is 32.7. The molecule has 3 heteroatoms. The summed E-state index contributed by atoms with van der Waals surface area (Å²) >= 11 is 0. The van der Waals surface area contributed by atoms with Gasteiger partial charge in [-0.05, 0) is 57.6 Å². The maximum Gasteiger partial charge on any atom is 0.143 e. The van der Waals surface area contributed by atoms with Crippen molar-refractivity contribution in [1.29, 1.82) is 0 Å². The number of pyridine rings is 1. The number of imidazole rings is 1. The molecule has 0 aliphatic heterocycles. The zero-order valence-electron chi connectivity index (χ0n) is 27.3. The molecule has 1 aliphatic carbocycles. The van der Waals surface area contributed by atoms with E-state index in [1.807, 2.05) is 12.1 Å². The van der Waals surface area contributed by atoms with E-state index in [1.165, 1.54) is 27.8 Å². The second kappa shape index (κ2) is 10.4. The third kappa shape index (κ3) is 4.12. The summed E-state index contributed by atoms with van der Waals surface area (Å²) < 4.78 is 9.12. The highest BCUT2D eigenvalue weighted by Crippen LogP contribution is 2.50. The van der Waals surface area contributed by atoms with Crippen molar-refractivity contribution in [2.24, 2.45) is 0 Å². The Balaban J connectivity index is 1.13. The van der Waals surface area contributed by atoms with E-state index in [4.69, 9.17) is 9.40 Å². The first-order valence-electron chi connectivity index (χ1n) is 16.9. The average molecular weight is 629 g/mol. The van der Waals surface area contributed by atoms with Crippen LogP contribution in [0.15, 0.2) is 162 Å². The number of aromatic nitrogens is 2. The fraction of sp³-hybridized carbons (Fsp3) is 0.0652. The lowest BCUT2D eigenvalue weighted by Crippen LogP contribution is -2.14. The Morgan fingerprint density at radius 3 is 1.90 bits per heavy atom. The molecule has 0 amide bonds. The van der Waals surface area contributed by atoms with Crippen LogP contribution in [0.25, 0.3) is 83.5 Å². The molecule has 0 radical (unpaired) electrons. The van der Waals surface area contributed by atoms with Gasteiger partial charge in [0, 0.05) is 44.6 Å². The molecule has 3 heterocycles.